The van der Waals surface area contributed by atoms with Crippen LogP contribution in [-0.4, -0.2) is 34.4 Å². The highest BCUT2D eigenvalue weighted by molar-refractivity contribution is 7.09. The Balaban J connectivity index is 1.26. The van der Waals surface area contributed by atoms with Crippen LogP contribution in [0.1, 0.15) is 54.8 Å². The van der Waals surface area contributed by atoms with Gasteiger partial charge in [0.15, 0.2) is 0 Å². The summed E-state index contributed by atoms with van der Waals surface area (Å²) < 4.78 is 5.87. The van der Waals surface area contributed by atoms with Gasteiger partial charge in [-0.25, -0.2) is 20.8 Å². The number of nitrogens with zero attached hydrogens (tertiary/aromatic N) is 5. The molecule has 0 aliphatic carbocycles. The van der Waals surface area contributed by atoms with Gasteiger partial charge in [0.1, 0.15) is 18.7 Å². The van der Waals surface area contributed by atoms with Crippen molar-refractivity contribution in [2.45, 2.75) is 51.6 Å². The van der Waals surface area contributed by atoms with Gasteiger partial charge in [0.05, 0.1) is 16.4 Å². The molecule has 3 aromatic rings. The molecule has 8 nitrogen and oxygen atoms in total. The van der Waals surface area contributed by atoms with E-state index < -0.39 is 0 Å². The molecule has 0 bridgehead atoms. The fourth-order valence-electron chi connectivity index (χ4n) is 3.87. The summed E-state index contributed by atoms with van der Waals surface area (Å²) in [4.78, 5) is 16.3. The summed E-state index contributed by atoms with van der Waals surface area (Å²) in [5.74, 6) is 7.74. The summed E-state index contributed by atoms with van der Waals surface area (Å²) in [6, 6.07) is 7.34. The molecule has 0 atom stereocenters. The van der Waals surface area contributed by atoms with Crippen molar-refractivity contribution in [3.63, 3.8) is 0 Å². The van der Waals surface area contributed by atoms with Gasteiger partial charge in [-0.1, -0.05) is 13.3 Å². The number of nitrogens with one attached hydrogen (secondary N) is 1. The van der Waals surface area contributed by atoms with Crippen LogP contribution in [0.5, 0.6) is 5.75 Å². The van der Waals surface area contributed by atoms with Crippen molar-refractivity contribution < 1.29 is 4.74 Å². The van der Waals surface area contributed by atoms with Gasteiger partial charge in [0.2, 0.25) is 5.95 Å². The summed E-state index contributed by atoms with van der Waals surface area (Å²) >= 11 is 1.72. The van der Waals surface area contributed by atoms with E-state index in [9.17, 15) is 0 Å². The van der Waals surface area contributed by atoms with Crippen molar-refractivity contribution in [3.8, 4) is 5.75 Å². The first-order chi connectivity index (χ1) is 16.2. The number of ether oxygens (including phenoxy) is 1. The Morgan fingerprint density at radius 3 is 2.61 bits per heavy atom. The monoisotopic (exact) mass is 465 g/mol. The van der Waals surface area contributed by atoms with Gasteiger partial charge in [0.25, 0.3) is 0 Å². The molecule has 174 valence electrons. The maximum atomic E-state index is 7.19. The van der Waals surface area contributed by atoms with Gasteiger partial charge in [-0.15, -0.1) is 11.3 Å². The predicted molar refractivity (Wildman–Crippen MR) is 133 cm³/mol. The Labute approximate surface area is 198 Å². The van der Waals surface area contributed by atoms with Gasteiger partial charge in [-0.3, -0.25) is 10.4 Å². The van der Waals surface area contributed by atoms with Crippen LogP contribution in [0.2, 0.25) is 0 Å². The average molecular weight is 466 g/mol. The van der Waals surface area contributed by atoms with Crippen LogP contribution in [-0.2, 0) is 13.0 Å². The van der Waals surface area contributed by atoms with Gasteiger partial charge >= 0.3 is 0 Å². The van der Waals surface area contributed by atoms with E-state index in [1.165, 1.54) is 28.4 Å². The van der Waals surface area contributed by atoms with E-state index >= 15 is 0 Å². The van der Waals surface area contributed by atoms with E-state index in [1.54, 1.807) is 11.3 Å². The van der Waals surface area contributed by atoms with E-state index in [2.05, 4.69) is 27.2 Å². The quantitative estimate of drug-likeness (QED) is 0.196. The molecule has 1 aliphatic heterocycles. The predicted octanol–water partition coefficient (Wildman–Crippen LogP) is 4.53. The number of hydrogen-bond acceptors (Lipinski definition) is 8. The molecule has 0 unspecified atom stereocenters. The van der Waals surface area contributed by atoms with E-state index in [1.807, 2.05) is 36.7 Å². The summed E-state index contributed by atoms with van der Waals surface area (Å²) in [6.07, 6.45) is 10.5. The van der Waals surface area contributed by atoms with Crippen LogP contribution in [0.25, 0.3) is 0 Å². The number of hydrogen-bond donors (Lipinski definition) is 2. The largest absolute Gasteiger partial charge is 0.487 e. The van der Waals surface area contributed by atoms with Crippen molar-refractivity contribution in [1.82, 2.24) is 15.0 Å². The highest BCUT2D eigenvalue weighted by Crippen LogP contribution is 2.31. The second-order valence-electron chi connectivity index (χ2n) is 8.25. The number of benzene rings is 1. The molecule has 3 N–H and O–H groups in total. The Hall–Kier alpha value is -3.04. The fraction of sp³-hybridized carbons (Fsp3) is 0.417. The Bertz CT molecular complexity index is 1010. The van der Waals surface area contributed by atoms with E-state index in [4.69, 9.17) is 21.0 Å². The highest BCUT2D eigenvalue weighted by Gasteiger charge is 2.24. The molecule has 4 rings (SSSR count). The maximum absolute atomic E-state index is 7.19. The molecule has 9 heteroatoms. The topological polar surface area (TPSA) is 104 Å². The number of aromatic nitrogens is 3. The second-order valence-corrected chi connectivity index (χ2v) is 9.14. The molecule has 1 fully saturated rings. The first-order valence-electron chi connectivity index (χ1n) is 11.4. The lowest BCUT2D eigenvalue weighted by Crippen LogP contribution is -2.34. The normalized spacial score (nSPS) is 14.3. The van der Waals surface area contributed by atoms with E-state index in [-0.39, 0.29) is 0 Å². The smallest absolute Gasteiger partial charge is 0.225 e. The van der Waals surface area contributed by atoms with Crippen molar-refractivity contribution in [2.75, 3.05) is 23.0 Å². The molecule has 0 saturated carbocycles. The molecule has 0 amide bonds. The third-order valence-electron chi connectivity index (χ3n) is 5.87. The van der Waals surface area contributed by atoms with Gasteiger partial charge < -0.3 is 9.64 Å². The number of unbranched alkanes of at least 4 members (excludes halogenated alkanes) is 1. The van der Waals surface area contributed by atoms with Crippen LogP contribution in [0.4, 0.5) is 11.6 Å². The number of rotatable bonds is 10. The SMILES string of the molecule is CCCCc1cnc(N2CCC(c3nc(COc4ccc(N(N)C=N)cc4)cs3)CC2)nc1. The standard InChI is InChI=1S/C24H31N7OS/c1-2-3-4-18-13-27-24(28-14-18)30-11-9-19(10-12-30)23-29-20(16-33-23)15-32-22-7-5-21(6-8-22)31(26)17-25/h5-8,13-14,16-17,19,25H,2-4,9-12,15,26H2,1H3. The van der Waals surface area contributed by atoms with Crippen molar-refractivity contribution >= 4 is 29.3 Å². The zero-order valence-corrected chi connectivity index (χ0v) is 19.8. The molecule has 2 aromatic heterocycles. The number of hydrazine groups is 1. The van der Waals surface area contributed by atoms with E-state index in [0.717, 1.165) is 61.8 Å². The van der Waals surface area contributed by atoms with E-state index in [0.29, 0.717) is 12.5 Å². The third-order valence-corrected chi connectivity index (χ3v) is 6.92. The van der Waals surface area contributed by atoms with Crippen LogP contribution in [0.3, 0.4) is 0 Å². The van der Waals surface area contributed by atoms with Crippen LogP contribution in [0.15, 0.2) is 42.0 Å². The minimum Gasteiger partial charge on any atom is -0.487 e. The van der Waals surface area contributed by atoms with Gasteiger partial charge in [0, 0.05) is 36.8 Å². The molecule has 3 heterocycles. The van der Waals surface area contributed by atoms with Crippen molar-refractivity contribution in [2.24, 2.45) is 5.84 Å². The average Bonchev–Trinajstić information content (AvgIpc) is 3.35. The molecular weight excluding hydrogens is 434 g/mol. The zero-order chi connectivity index (χ0) is 23.0. The summed E-state index contributed by atoms with van der Waals surface area (Å²) in [6.45, 7) is 4.53. The van der Waals surface area contributed by atoms with Gasteiger partial charge in [-0.2, -0.15) is 0 Å². The lowest BCUT2D eigenvalue weighted by atomic mass is 9.98. The number of thiazole rings is 1. The Kier molecular flexibility index (Phi) is 7.85. The van der Waals surface area contributed by atoms with Crippen molar-refractivity contribution in [3.05, 3.63) is 58.3 Å². The first-order valence-corrected chi connectivity index (χ1v) is 12.3. The van der Waals surface area contributed by atoms with Crippen LogP contribution in [0, 0.1) is 5.41 Å². The molecule has 1 aliphatic rings. The maximum Gasteiger partial charge on any atom is 0.225 e. The van der Waals surface area contributed by atoms with Crippen LogP contribution < -0.4 is 20.5 Å². The molecule has 1 saturated heterocycles. The second kappa shape index (κ2) is 11.2. The van der Waals surface area contributed by atoms with Crippen LogP contribution >= 0.6 is 11.3 Å². The zero-order valence-electron chi connectivity index (χ0n) is 19.0. The minimum atomic E-state index is 0.434. The minimum absolute atomic E-state index is 0.434. The lowest BCUT2D eigenvalue weighted by molar-refractivity contribution is 0.301. The fourth-order valence-corrected chi connectivity index (χ4v) is 4.85. The molecule has 0 spiro atoms. The third kappa shape index (κ3) is 6.06. The van der Waals surface area contributed by atoms with Crippen molar-refractivity contribution in [1.29, 1.82) is 5.41 Å². The summed E-state index contributed by atoms with van der Waals surface area (Å²) in [7, 11) is 0. The summed E-state index contributed by atoms with van der Waals surface area (Å²) in [5.41, 5.74) is 2.90. The highest BCUT2D eigenvalue weighted by atomic mass is 32.1. The molecule has 1 aromatic carbocycles. The number of piperidine rings is 1. The molecule has 0 radical (unpaired) electrons. The lowest BCUT2D eigenvalue weighted by Gasteiger charge is -2.31. The summed E-state index contributed by atoms with van der Waals surface area (Å²) in [5, 5.41) is 11.7. The van der Waals surface area contributed by atoms with Gasteiger partial charge in [-0.05, 0) is 55.5 Å². The Morgan fingerprint density at radius 2 is 1.94 bits per heavy atom. The number of anilines is 2. The number of nitrogens with two attached hydrogens (primary N) is 1. The number of aryl methyl sites for hydroxylation is 1. The first kappa shape index (κ1) is 23.1. The Morgan fingerprint density at radius 1 is 1.21 bits per heavy atom. The molecular formula is C24H31N7OS. The molecule has 33 heavy (non-hydrogen) atoms.